The highest BCUT2D eigenvalue weighted by atomic mass is 32.2. The van der Waals surface area contributed by atoms with Crippen LogP contribution < -0.4 is 5.32 Å². The van der Waals surface area contributed by atoms with Gasteiger partial charge in [0.15, 0.2) is 21.5 Å². The molecule has 0 aromatic heterocycles. The van der Waals surface area contributed by atoms with Crippen molar-refractivity contribution in [1.29, 1.82) is 0 Å². The van der Waals surface area contributed by atoms with Crippen LogP contribution in [0.4, 0.5) is 14.5 Å². The molecule has 33 heavy (non-hydrogen) atoms. The van der Waals surface area contributed by atoms with Crippen molar-refractivity contribution in [2.45, 2.75) is 67.1 Å². The van der Waals surface area contributed by atoms with E-state index in [1.807, 2.05) is 6.92 Å². The van der Waals surface area contributed by atoms with Gasteiger partial charge < -0.3 is 10.4 Å². The lowest BCUT2D eigenvalue weighted by Crippen LogP contribution is -2.45. The largest absolute Gasteiger partial charge is 0.390 e. The summed E-state index contributed by atoms with van der Waals surface area (Å²) < 4.78 is 54.3. The summed E-state index contributed by atoms with van der Waals surface area (Å²) in [4.78, 5) is 13.0. The topological polar surface area (TPSA) is 83.5 Å². The van der Waals surface area contributed by atoms with Gasteiger partial charge in [-0.2, -0.15) is 0 Å². The van der Waals surface area contributed by atoms with Gasteiger partial charge in [0.25, 0.3) is 5.91 Å². The van der Waals surface area contributed by atoms with Gasteiger partial charge in [0.05, 0.1) is 15.7 Å². The van der Waals surface area contributed by atoms with Gasteiger partial charge in [-0.05, 0) is 93.0 Å². The first kappa shape index (κ1) is 22.5. The Labute approximate surface area is 192 Å². The standard InChI is InChI=1S/C25H27F2NO4S/c1-25(30)16-5-6-17(25)12-19(11-16)33(31,32)23-10-15(4-8-20(23)14-2-3-14)24(29)28-18-7-9-21(26)22(27)13-18/h4,7-10,13-14,16-17,19,30H,2-3,5-6,11-12H2,1H3,(H,28,29)/t16-,17?,19-,25-/m0/s1. The molecule has 4 atom stereocenters. The van der Waals surface area contributed by atoms with Gasteiger partial charge >= 0.3 is 0 Å². The molecule has 5 nitrogen and oxygen atoms in total. The number of rotatable bonds is 5. The molecule has 3 saturated carbocycles. The lowest BCUT2D eigenvalue weighted by atomic mass is 9.76. The maximum Gasteiger partial charge on any atom is 0.255 e. The number of sulfone groups is 1. The van der Waals surface area contributed by atoms with Crippen molar-refractivity contribution in [3.05, 3.63) is 59.2 Å². The Hall–Kier alpha value is -2.32. The number of nitrogens with one attached hydrogen (secondary N) is 1. The van der Waals surface area contributed by atoms with Crippen LogP contribution in [0.2, 0.25) is 0 Å². The number of benzene rings is 2. The second-order valence-corrected chi connectivity index (χ2v) is 12.1. The molecule has 0 radical (unpaired) electrons. The normalized spacial score (nSPS) is 29.2. The third-order valence-corrected chi connectivity index (χ3v) is 10.1. The predicted octanol–water partition coefficient (Wildman–Crippen LogP) is 4.81. The zero-order chi connectivity index (χ0) is 23.5. The molecule has 3 fully saturated rings. The van der Waals surface area contributed by atoms with Gasteiger partial charge in [-0.3, -0.25) is 4.79 Å². The second kappa shape index (κ2) is 7.87. The number of halogens is 2. The molecule has 8 heteroatoms. The molecule has 1 unspecified atom stereocenters. The fourth-order valence-corrected chi connectivity index (χ4v) is 7.81. The molecular formula is C25H27F2NO4S. The van der Waals surface area contributed by atoms with E-state index in [4.69, 9.17) is 0 Å². The van der Waals surface area contributed by atoms with Gasteiger partial charge in [0, 0.05) is 17.3 Å². The van der Waals surface area contributed by atoms with Crippen molar-refractivity contribution in [3.63, 3.8) is 0 Å². The third-order valence-electron chi connectivity index (χ3n) is 7.83. The van der Waals surface area contributed by atoms with E-state index in [2.05, 4.69) is 5.32 Å². The summed E-state index contributed by atoms with van der Waals surface area (Å²) >= 11 is 0. The van der Waals surface area contributed by atoms with E-state index >= 15 is 0 Å². The van der Waals surface area contributed by atoms with Crippen LogP contribution in [-0.2, 0) is 9.84 Å². The van der Waals surface area contributed by atoms with Crippen molar-refractivity contribution >= 4 is 21.4 Å². The smallest absolute Gasteiger partial charge is 0.255 e. The monoisotopic (exact) mass is 475 g/mol. The summed E-state index contributed by atoms with van der Waals surface area (Å²) in [5.41, 5.74) is 0.149. The minimum atomic E-state index is -3.72. The zero-order valence-corrected chi connectivity index (χ0v) is 19.2. The van der Waals surface area contributed by atoms with Gasteiger partial charge in [0.1, 0.15) is 0 Å². The van der Waals surface area contributed by atoms with Gasteiger partial charge in [0.2, 0.25) is 0 Å². The molecule has 3 aliphatic carbocycles. The van der Waals surface area contributed by atoms with Crippen LogP contribution in [0.5, 0.6) is 0 Å². The fourth-order valence-electron chi connectivity index (χ4n) is 5.63. The first-order valence-electron chi connectivity index (χ1n) is 11.4. The van der Waals surface area contributed by atoms with E-state index in [0.29, 0.717) is 12.8 Å². The average Bonchev–Trinajstić information content (AvgIpc) is 3.59. The Morgan fingerprint density at radius 2 is 1.67 bits per heavy atom. The van der Waals surface area contributed by atoms with E-state index in [-0.39, 0.29) is 33.9 Å². The Kier molecular flexibility index (Phi) is 5.36. The molecule has 176 valence electrons. The van der Waals surface area contributed by atoms with E-state index in [0.717, 1.165) is 43.4 Å². The molecule has 2 N–H and O–H groups in total. The highest BCUT2D eigenvalue weighted by molar-refractivity contribution is 7.92. The maximum absolute atomic E-state index is 13.8. The van der Waals surface area contributed by atoms with Crippen molar-refractivity contribution < 1.29 is 27.1 Å². The molecule has 1 amide bonds. The second-order valence-electron chi connectivity index (χ2n) is 9.95. The first-order valence-corrected chi connectivity index (χ1v) is 13.0. The van der Waals surface area contributed by atoms with Gasteiger partial charge in [-0.15, -0.1) is 0 Å². The van der Waals surface area contributed by atoms with Crippen LogP contribution in [0.15, 0.2) is 41.3 Å². The zero-order valence-electron chi connectivity index (χ0n) is 18.4. The SMILES string of the molecule is C[C@@]1(O)C2CC[C@H]1C[C@H](S(=O)(=O)c1cc(C(=O)Nc3ccc(F)c(F)c3)ccc1C1CC1)C2. The summed E-state index contributed by atoms with van der Waals surface area (Å²) in [6.07, 6.45) is 4.31. The van der Waals surface area contributed by atoms with Gasteiger partial charge in [-0.1, -0.05) is 6.07 Å². The fraction of sp³-hybridized carbons (Fsp3) is 0.480. The molecule has 5 rings (SSSR count). The van der Waals surface area contributed by atoms with Crippen LogP contribution in [-0.4, -0.2) is 30.3 Å². The maximum atomic E-state index is 13.8. The first-order chi connectivity index (χ1) is 15.6. The number of aliphatic hydroxyl groups is 1. The lowest BCUT2D eigenvalue weighted by molar-refractivity contribution is -0.0413. The Bertz CT molecular complexity index is 1210. The van der Waals surface area contributed by atoms with E-state index in [9.17, 15) is 27.1 Å². The molecule has 0 aliphatic heterocycles. The molecule has 3 aliphatic rings. The number of amides is 1. The van der Waals surface area contributed by atoms with Crippen LogP contribution >= 0.6 is 0 Å². The van der Waals surface area contributed by atoms with E-state index in [1.54, 1.807) is 12.1 Å². The minimum absolute atomic E-state index is 0.0414. The number of hydrogen-bond donors (Lipinski definition) is 2. The molecule has 0 saturated heterocycles. The number of hydrogen-bond acceptors (Lipinski definition) is 4. The number of carbonyl (C=O) groups excluding carboxylic acids is 1. The summed E-state index contributed by atoms with van der Waals surface area (Å²) in [5, 5.41) is 12.7. The Morgan fingerprint density at radius 1 is 1.00 bits per heavy atom. The van der Waals surface area contributed by atoms with Crippen LogP contribution in [0, 0.1) is 23.5 Å². The molecule has 2 aromatic rings. The molecule has 0 heterocycles. The molecular weight excluding hydrogens is 448 g/mol. The Morgan fingerprint density at radius 3 is 2.27 bits per heavy atom. The van der Waals surface area contributed by atoms with Crippen LogP contribution in [0.25, 0.3) is 0 Å². The predicted molar refractivity (Wildman–Crippen MR) is 120 cm³/mol. The van der Waals surface area contributed by atoms with E-state index < -0.39 is 38.2 Å². The van der Waals surface area contributed by atoms with E-state index in [1.165, 1.54) is 12.1 Å². The van der Waals surface area contributed by atoms with Crippen molar-refractivity contribution in [3.8, 4) is 0 Å². The number of carbonyl (C=O) groups is 1. The van der Waals surface area contributed by atoms with Crippen molar-refractivity contribution in [2.75, 3.05) is 5.32 Å². The quantitative estimate of drug-likeness (QED) is 0.650. The molecule has 0 spiro atoms. The summed E-state index contributed by atoms with van der Waals surface area (Å²) in [5.74, 6) is -2.60. The summed E-state index contributed by atoms with van der Waals surface area (Å²) in [7, 11) is -3.72. The molecule has 2 bridgehead atoms. The van der Waals surface area contributed by atoms with Gasteiger partial charge in [-0.25, -0.2) is 17.2 Å². The number of fused-ring (bicyclic) bond motifs is 2. The van der Waals surface area contributed by atoms with Crippen LogP contribution in [0.3, 0.4) is 0 Å². The lowest BCUT2D eigenvalue weighted by Gasteiger charge is -2.40. The van der Waals surface area contributed by atoms with Crippen molar-refractivity contribution in [2.24, 2.45) is 11.8 Å². The summed E-state index contributed by atoms with van der Waals surface area (Å²) in [6.45, 7) is 1.82. The number of anilines is 1. The third kappa shape index (κ3) is 3.97. The average molecular weight is 476 g/mol. The highest BCUT2D eigenvalue weighted by Gasteiger charge is 2.53. The highest BCUT2D eigenvalue weighted by Crippen LogP contribution is 2.52. The molecule has 2 aromatic carbocycles. The van der Waals surface area contributed by atoms with Crippen LogP contribution in [0.1, 0.15) is 67.3 Å². The summed E-state index contributed by atoms with van der Waals surface area (Å²) in [6, 6.07) is 7.76. The minimum Gasteiger partial charge on any atom is -0.390 e. The Balaban J connectivity index is 1.46. The van der Waals surface area contributed by atoms with Crippen molar-refractivity contribution in [1.82, 2.24) is 0 Å².